The maximum Gasteiger partial charge on any atom is 0.197 e. The fourth-order valence-corrected chi connectivity index (χ4v) is 2.79. The van der Waals surface area contributed by atoms with Crippen molar-refractivity contribution in [2.75, 3.05) is 7.11 Å². The molecular formula is C15H12BrIO2. The Kier molecular flexibility index (Phi) is 4.62. The fourth-order valence-electron chi connectivity index (χ4n) is 1.83. The van der Waals surface area contributed by atoms with Crippen LogP contribution in [0.25, 0.3) is 0 Å². The van der Waals surface area contributed by atoms with Crippen molar-refractivity contribution in [1.29, 1.82) is 0 Å². The lowest BCUT2D eigenvalue weighted by atomic mass is 10.0. The predicted octanol–water partition coefficient (Wildman–Crippen LogP) is 4.60. The number of hydrogen-bond acceptors (Lipinski definition) is 2. The largest absolute Gasteiger partial charge is 0.496 e. The molecule has 0 unspecified atom stereocenters. The Morgan fingerprint density at radius 1 is 1.21 bits per heavy atom. The SMILES string of the molecule is COc1ccc(Br)cc1C(=O)c1cccc(C)c1I. The molecule has 98 valence electrons. The van der Waals surface area contributed by atoms with Gasteiger partial charge in [0, 0.05) is 13.6 Å². The third-order valence-corrected chi connectivity index (χ3v) is 4.77. The van der Waals surface area contributed by atoms with Crippen molar-refractivity contribution >= 4 is 44.3 Å². The molecular weight excluding hydrogens is 419 g/mol. The van der Waals surface area contributed by atoms with E-state index in [-0.39, 0.29) is 5.78 Å². The maximum atomic E-state index is 12.6. The molecule has 0 heterocycles. The lowest BCUT2D eigenvalue weighted by Crippen LogP contribution is -2.06. The molecule has 0 N–H and O–H groups in total. The molecule has 0 aromatic heterocycles. The zero-order valence-electron chi connectivity index (χ0n) is 10.5. The molecule has 2 nitrogen and oxygen atoms in total. The van der Waals surface area contributed by atoms with Crippen LogP contribution in [-0.4, -0.2) is 12.9 Å². The second-order valence-electron chi connectivity index (χ2n) is 4.11. The highest BCUT2D eigenvalue weighted by Gasteiger charge is 2.17. The van der Waals surface area contributed by atoms with Crippen LogP contribution in [0.3, 0.4) is 0 Å². The number of ether oxygens (including phenoxy) is 1. The first kappa shape index (κ1) is 14.5. The van der Waals surface area contributed by atoms with E-state index in [9.17, 15) is 4.79 Å². The first-order chi connectivity index (χ1) is 9.04. The summed E-state index contributed by atoms with van der Waals surface area (Å²) < 4.78 is 7.11. The quantitative estimate of drug-likeness (QED) is 0.525. The Balaban J connectivity index is 2.56. The second kappa shape index (κ2) is 6.05. The third kappa shape index (κ3) is 3.00. The summed E-state index contributed by atoms with van der Waals surface area (Å²) in [6, 6.07) is 11.2. The van der Waals surface area contributed by atoms with E-state index in [4.69, 9.17) is 4.74 Å². The summed E-state index contributed by atoms with van der Waals surface area (Å²) in [6.45, 7) is 2.00. The van der Waals surface area contributed by atoms with Gasteiger partial charge in [0.15, 0.2) is 5.78 Å². The van der Waals surface area contributed by atoms with Crippen LogP contribution in [0.2, 0.25) is 0 Å². The molecule has 0 aliphatic rings. The first-order valence-electron chi connectivity index (χ1n) is 5.68. The number of aryl methyl sites for hydroxylation is 1. The van der Waals surface area contributed by atoms with Crippen molar-refractivity contribution in [3.05, 3.63) is 61.1 Å². The summed E-state index contributed by atoms with van der Waals surface area (Å²) in [5.74, 6) is 0.566. The number of carbonyl (C=O) groups excluding carboxylic acids is 1. The molecule has 19 heavy (non-hydrogen) atoms. The van der Waals surface area contributed by atoms with Gasteiger partial charge in [0.05, 0.1) is 12.7 Å². The zero-order chi connectivity index (χ0) is 14.0. The Hall–Kier alpha value is -0.880. The first-order valence-corrected chi connectivity index (χ1v) is 7.55. The van der Waals surface area contributed by atoms with Crippen molar-refractivity contribution in [1.82, 2.24) is 0 Å². The van der Waals surface area contributed by atoms with E-state index in [0.29, 0.717) is 16.9 Å². The van der Waals surface area contributed by atoms with Crippen molar-refractivity contribution < 1.29 is 9.53 Å². The van der Waals surface area contributed by atoms with Gasteiger partial charge in [-0.25, -0.2) is 0 Å². The number of hydrogen-bond donors (Lipinski definition) is 0. The van der Waals surface area contributed by atoms with E-state index in [0.717, 1.165) is 13.6 Å². The summed E-state index contributed by atoms with van der Waals surface area (Å²) in [5, 5.41) is 0. The van der Waals surface area contributed by atoms with E-state index in [1.54, 1.807) is 19.2 Å². The normalized spacial score (nSPS) is 10.3. The van der Waals surface area contributed by atoms with Crippen molar-refractivity contribution in [2.45, 2.75) is 6.92 Å². The molecule has 2 aromatic carbocycles. The number of carbonyl (C=O) groups is 1. The Labute approximate surface area is 134 Å². The van der Waals surface area contributed by atoms with Gasteiger partial charge in [0.2, 0.25) is 0 Å². The van der Waals surface area contributed by atoms with Crippen LogP contribution in [0.15, 0.2) is 40.9 Å². The van der Waals surface area contributed by atoms with E-state index < -0.39 is 0 Å². The second-order valence-corrected chi connectivity index (χ2v) is 6.10. The van der Waals surface area contributed by atoms with Crippen molar-refractivity contribution in [2.24, 2.45) is 0 Å². The summed E-state index contributed by atoms with van der Waals surface area (Å²) >= 11 is 5.60. The lowest BCUT2D eigenvalue weighted by molar-refractivity contribution is 0.103. The third-order valence-electron chi connectivity index (χ3n) is 2.84. The molecule has 2 rings (SSSR count). The van der Waals surface area contributed by atoms with Crippen LogP contribution in [0, 0.1) is 10.5 Å². The Morgan fingerprint density at radius 3 is 2.63 bits per heavy atom. The van der Waals surface area contributed by atoms with Crippen LogP contribution in [0.4, 0.5) is 0 Å². The molecule has 0 saturated carbocycles. The fraction of sp³-hybridized carbons (Fsp3) is 0.133. The molecule has 0 aliphatic heterocycles. The average Bonchev–Trinajstić information content (AvgIpc) is 2.41. The summed E-state index contributed by atoms with van der Waals surface area (Å²) in [6.07, 6.45) is 0. The van der Waals surface area contributed by atoms with Crippen LogP contribution in [-0.2, 0) is 0 Å². The maximum absolute atomic E-state index is 12.6. The van der Waals surface area contributed by atoms with Crippen LogP contribution < -0.4 is 4.74 Å². The molecule has 0 radical (unpaired) electrons. The van der Waals surface area contributed by atoms with Gasteiger partial charge in [0.25, 0.3) is 0 Å². The highest BCUT2D eigenvalue weighted by molar-refractivity contribution is 14.1. The Morgan fingerprint density at radius 2 is 1.95 bits per heavy atom. The van der Waals surface area contributed by atoms with Gasteiger partial charge >= 0.3 is 0 Å². The van der Waals surface area contributed by atoms with E-state index in [1.807, 2.05) is 31.2 Å². The molecule has 0 atom stereocenters. The van der Waals surface area contributed by atoms with Gasteiger partial charge < -0.3 is 4.74 Å². The molecule has 0 bridgehead atoms. The van der Waals surface area contributed by atoms with Gasteiger partial charge in [-0.3, -0.25) is 4.79 Å². The minimum atomic E-state index is -0.0220. The van der Waals surface area contributed by atoms with Crippen LogP contribution >= 0.6 is 38.5 Å². The smallest absolute Gasteiger partial charge is 0.197 e. The monoisotopic (exact) mass is 430 g/mol. The standard InChI is InChI=1S/C15H12BrIO2/c1-9-4-3-5-11(14(9)17)15(18)12-8-10(16)6-7-13(12)19-2/h3-8H,1-2H3. The topological polar surface area (TPSA) is 26.3 Å². The number of methoxy groups -OCH3 is 1. The summed E-state index contributed by atoms with van der Waals surface area (Å²) in [4.78, 5) is 12.6. The predicted molar refractivity (Wildman–Crippen MR) is 88.0 cm³/mol. The Bertz CT molecular complexity index is 638. The van der Waals surface area contributed by atoms with Gasteiger partial charge in [-0.15, -0.1) is 0 Å². The van der Waals surface area contributed by atoms with E-state index >= 15 is 0 Å². The van der Waals surface area contributed by atoms with Crippen molar-refractivity contribution in [3.63, 3.8) is 0 Å². The highest BCUT2D eigenvalue weighted by Crippen LogP contribution is 2.27. The summed E-state index contributed by atoms with van der Waals surface area (Å²) in [5.41, 5.74) is 2.37. The zero-order valence-corrected chi connectivity index (χ0v) is 14.3. The van der Waals surface area contributed by atoms with Gasteiger partial charge in [-0.1, -0.05) is 28.1 Å². The molecule has 2 aromatic rings. The molecule has 4 heteroatoms. The van der Waals surface area contributed by atoms with Crippen LogP contribution in [0.1, 0.15) is 21.5 Å². The molecule has 0 amide bonds. The minimum Gasteiger partial charge on any atom is -0.496 e. The lowest BCUT2D eigenvalue weighted by Gasteiger charge is -2.10. The summed E-state index contributed by atoms with van der Waals surface area (Å²) in [7, 11) is 1.57. The van der Waals surface area contributed by atoms with Gasteiger partial charge in [0.1, 0.15) is 5.75 Å². The average molecular weight is 431 g/mol. The number of ketones is 1. The van der Waals surface area contributed by atoms with Gasteiger partial charge in [-0.2, -0.15) is 0 Å². The van der Waals surface area contributed by atoms with Gasteiger partial charge in [-0.05, 0) is 59.3 Å². The van der Waals surface area contributed by atoms with E-state index in [2.05, 4.69) is 38.5 Å². The van der Waals surface area contributed by atoms with Crippen LogP contribution in [0.5, 0.6) is 5.75 Å². The highest BCUT2D eigenvalue weighted by atomic mass is 127. The minimum absolute atomic E-state index is 0.0220. The molecule has 0 spiro atoms. The number of benzene rings is 2. The number of rotatable bonds is 3. The molecule has 0 saturated heterocycles. The molecule has 0 aliphatic carbocycles. The number of halogens is 2. The van der Waals surface area contributed by atoms with E-state index in [1.165, 1.54) is 0 Å². The molecule has 0 fully saturated rings. The van der Waals surface area contributed by atoms with Crippen molar-refractivity contribution in [3.8, 4) is 5.75 Å².